The Morgan fingerprint density at radius 2 is 1.76 bits per heavy atom. The van der Waals surface area contributed by atoms with Gasteiger partial charge in [-0.25, -0.2) is 10.2 Å². The lowest BCUT2D eigenvalue weighted by atomic mass is 10.1. The molecule has 0 aliphatic rings. The van der Waals surface area contributed by atoms with Gasteiger partial charge in [0.05, 0.1) is 16.8 Å². The minimum absolute atomic E-state index is 0.218. The van der Waals surface area contributed by atoms with Gasteiger partial charge in [-0.15, -0.1) is 0 Å². The van der Waals surface area contributed by atoms with Crippen molar-refractivity contribution in [2.45, 2.75) is 6.92 Å². The van der Waals surface area contributed by atoms with E-state index in [0.717, 1.165) is 11.1 Å². The fraction of sp³-hybridized carbons (Fsp3) is 0.0455. The predicted octanol–water partition coefficient (Wildman–Crippen LogP) is 5.28. The SMILES string of the molecule is Cc1cccc(C(=O)NN=Cc2ccc(OC(=O)c3ccc(Cl)cc3Cl)cc2)c1. The first-order chi connectivity index (χ1) is 13.9. The summed E-state index contributed by atoms with van der Waals surface area (Å²) in [5.74, 6) is -0.532. The van der Waals surface area contributed by atoms with Crippen LogP contribution >= 0.6 is 23.2 Å². The summed E-state index contributed by atoms with van der Waals surface area (Å²) in [5, 5.41) is 4.60. The fourth-order valence-corrected chi connectivity index (χ4v) is 2.94. The number of esters is 1. The third kappa shape index (κ3) is 5.67. The highest BCUT2D eigenvalue weighted by Crippen LogP contribution is 2.23. The number of hydrogen-bond donors (Lipinski definition) is 1. The molecule has 3 aromatic rings. The Hall–Kier alpha value is -3.15. The molecule has 0 aromatic heterocycles. The molecule has 7 heteroatoms. The van der Waals surface area contributed by atoms with Gasteiger partial charge < -0.3 is 4.74 Å². The van der Waals surface area contributed by atoms with Gasteiger partial charge in [0.25, 0.3) is 5.91 Å². The molecule has 0 saturated heterocycles. The van der Waals surface area contributed by atoms with E-state index >= 15 is 0 Å². The summed E-state index contributed by atoms with van der Waals surface area (Å²) in [6, 6.07) is 18.4. The van der Waals surface area contributed by atoms with Gasteiger partial charge in [-0.05, 0) is 67.1 Å². The first-order valence-corrected chi connectivity index (χ1v) is 9.35. The second-order valence-electron chi connectivity index (χ2n) is 6.15. The molecular weight excluding hydrogens is 411 g/mol. The number of nitrogens with zero attached hydrogens (tertiary/aromatic N) is 1. The summed E-state index contributed by atoms with van der Waals surface area (Å²) < 4.78 is 5.31. The second kappa shape index (κ2) is 9.37. The fourth-order valence-electron chi connectivity index (χ4n) is 2.46. The summed E-state index contributed by atoms with van der Waals surface area (Å²) in [6.45, 7) is 1.91. The van der Waals surface area contributed by atoms with Crippen molar-refractivity contribution >= 4 is 41.3 Å². The monoisotopic (exact) mass is 426 g/mol. The first kappa shape index (κ1) is 20.6. The van der Waals surface area contributed by atoms with E-state index < -0.39 is 5.97 Å². The van der Waals surface area contributed by atoms with E-state index in [9.17, 15) is 9.59 Å². The van der Waals surface area contributed by atoms with Crippen molar-refractivity contribution in [2.24, 2.45) is 5.10 Å². The Kier molecular flexibility index (Phi) is 6.65. The van der Waals surface area contributed by atoms with Gasteiger partial charge in [-0.2, -0.15) is 5.10 Å². The van der Waals surface area contributed by atoms with Crippen molar-refractivity contribution in [2.75, 3.05) is 0 Å². The highest BCUT2D eigenvalue weighted by molar-refractivity contribution is 6.36. The zero-order chi connectivity index (χ0) is 20.8. The van der Waals surface area contributed by atoms with Crippen LogP contribution in [0.1, 0.15) is 31.8 Å². The van der Waals surface area contributed by atoms with E-state index in [-0.39, 0.29) is 16.5 Å². The lowest BCUT2D eigenvalue weighted by molar-refractivity contribution is 0.0734. The van der Waals surface area contributed by atoms with Crippen LogP contribution in [0.4, 0.5) is 0 Å². The molecule has 0 spiro atoms. The maximum absolute atomic E-state index is 12.2. The lowest BCUT2D eigenvalue weighted by Gasteiger charge is -2.06. The Bertz CT molecular complexity index is 1080. The van der Waals surface area contributed by atoms with E-state index in [0.29, 0.717) is 16.3 Å². The quantitative estimate of drug-likeness (QED) is 0.261. The third-order valence-electron chi connectivity index (χ3n) is 3.90. The summed E-state index contributed by atoms with van der Waals surface area (Å²) in [6.07, 6.45) is 1.50. The van der Waals surface area contributed by atoms with E-state index in [1.165, 1.54) is 18.3 Å². The number of nitrogens with one attached hydrogen (secondary N) is 1. The molecule has 0 aliphatic heterocycles. The maximum Gasteiger partial charge on any atom is 0.345 e. The van der Waals surface area contributed by atoms with Crippen molar-refractivity contribution in [3.05, 3.63) is 99.0 Å². The number of carbonyl (C=O) groups excluding carboxylic acids is 2. The summed E-state index contributed by atoms with van der Waals surface area (Å²) in [7, 11) is 0. The lowest BCUT2D eigenvalue weighted by Crippen LogP contribution is -2.17. The van der Waals surface area contributed by atoms with Crippen molar-refractivity contribution in [1.82, 2.24) is 5.43 Å². The highest BCUT2D eigenvalue weighted by Gasteiger charge is 2.13. The zero-order valence-corrected chi connectivity index (χ0v) is 16.9. The number of amides is 1. The van der Waals surface area contributed by atoms with Crippen LogP contribution in [0.15, 0.2) is 71.8 Å². The Labute approximate surface area is 177 Å². The predicted molar refractivity (Wildman–Crippen MR) is 114 cm³/mol. The highest BCUT2D eigenvalue weighted by atomic mass is 35.5. The van der Waals surface area contributed by atoms with Gasteiger partial charge in [-0.3, -0.25) is 4.79 Å². The molecule has 0 atom stereocenters. The van der Waals surface area contributed by atoms with Gasteiger partial charge in [0.15, 0.2) is 0 Å². The molecule has 3 rings (SSSR count). The molecule has 29 heavy (non-hydrogen) atoms. The minimum Gasteiger partial charge on any atom is -0.423 e. The van der Waals surface area contributed by atoms with Crippen molar-refractivity contribution in [3.8, 4) is 5.75 Å². The van der Waals surface area contributed by atoms with E-state index in [1.54, 1.807) is 42.5 Å². The Morgan fingerprint density at radius 3 is 2.45 bits per heavy atom. The normalized spacial score (nSPS) is 10.7. The van der Waals surface area contributed by atoms with Gasteiger partial charge in [-0.1, -0.05) is 40.9 Å². The van der Waals surface area contributed by atoms with Crippen molar-refractivity contribution in [3.63, 3.8) is 0 Å². The molecule has 5 nitrogen and oxygen atoms in total. The molecule has 1 N–H and O–H groups in total. The smallest absolute Gasteiger partial charge is 0.345 e. The van der Waals surface area contributed by atoms with Crippen LogP contribution in [0.25, 0.3) is 0 Å². The number of hydrogen-bond acceptors (Lipinski definition) is 4. The molecule has 0 unspecified atom stereocenters. The molecule has 3 aromatic carbocycles. The molecular formula is C22H16Cl2N2O3. The summed E-state index contributed by atoms with van der Waals surface area (Å²) >= 11 is 11.8. The number of aryl methyl sites for hydroxylation is 1. The molecule has 0 aliphatic carbocycles. The van der Waals surface area contributed by atoms with E-state index in [4.69, 9.17) is 27.9 Å². The van der Waals surface area contributed by atoms with Crippen LogP contribution in [-0.4, -0.2) is 18.1 Å². The Morgan fingerprint density at radius 1 is 1.00 bits per heavy atom. The molecule has 0 radical (unpaired) electrons. The third-order valence-corrected chi connectivity index (χ3v) is 4.45. The van der Waals surface area contributed by atoms with Crippen LogP contribution in [-0.2, 0) is 0 Å². The molecule has 1 amide bonds. The number of carbonyl (C=O) groups is 2. The molecule has 0 saturated carbocycles. The molecule has 0 fully saturated rings. The van der Waals surface area contributed by atoms with Gasteiger partial charge in [0.2, 0.25) is 0 Å². The number of ether oxygens (including phenoxy) is 1. The summed E-state index contributed by atoms with van der Waals surface area (Å²) in [5.41, 5.74) is 4.94. The second-order valence-corrected chi connectivity index (χ2v) is 6.99. The van der Waals surface area contributed by atoms with Crippen LogP contribution < -0.4 is 10.2 Å². The van der Waals surface area contributed by atoms with Crippen molar-refractivity contribution < 1.29 is 14.3 Å². The minimum atomic E-state index is -0.585. The number of hydrazone groups is 1. The molecule has 0 bridgehead atoms. The van der Waals surface area contributed by atoms with Gasteiger partial charge in [0, 0.05) is 10.6 Å². The van der Waals surface area contributed by atoms with Crippen LogP contribution in [0.3, 0.4) is 0 Å². The number of rotatable bonds is 5. The average Bonchev–Trinajstić information content (AvgIpc) is 2.69. The van der Waals surface area contributed by atoms with Gasteiger partial charge >= 0.3 is 5.97 Å². The van der Waals surface area contributed by atoms with Crippen LogP contribution in [0.2, 0.25) is 10.0 Å². The largest absolute Gasteiger partial charge is 0.423 e. The van der Waals surface area contributed by atoms with Gasteiger partial charge in [0.1, 0.15) is 5.75 Å². The van der Waals surface area contributed by atoms with Crippen LogP contribution in [0, 0.1) is 6.92 Å². The number of benzene rings is 3. The molecule has 0 heterocycles. The number of halogens is 2. The van der Waals surface area contributed by atoms with E-state index in [1.807, 2.05) is 19.1 Å². The molecule has 146 valence electrons. The van der Waals surface area contributed by atoms with Crippen LogP contribution in [0.5, 0.6) is 5.75 Å². The zero-order valence-electron chi connectivity index (χ0n) is 15.4. The average molecular weight is 427 g/mol. The first-order valence-electron chi connectivity index (χ1n) is 8.60. The topological polar surface area (TPSA) is 67.8 Å². The van der Waals surface area contributed by atoms with E-state index in [2.05, 4.69) is 10.5 Å². The van der Waals surface area contributed by atoms with Crippen molar-refractivity contribution in [1.29, 1.82) is 0 Å². The Balaban J connectivity index is 1.59. The standard InChI is InChI=1S/C22H16Cl2N2O3/c1-14-3-2-4-16(11-14)21(27)26-25-13-15-5-8-18(9-6-15)29-22(28)19-10-7-17(23)12-20(19)24/h2-13H,1H3,(H,26,27). The maximum atomic E-state index is 12.2. The summed E-state index contributed by atoms with van der Waals surface area (Å²) in [4.78, 5) is 24.3.